The predicted molar refractivity (Wildman–Crippen MR) is 83.9 cm³/mol. The van der Waals surface area contributed by atoms with E-state index in [4.69, 9.17) is 10.5 Å². The fourth-order valence-corrected chi connectivity index (χ4v) is 3.67. The summed E-state index contributed by atoms with van der Waals surface area (Å²) in [5.74, 6) is 2.34. The van der Waals surface area contributed by atoms with Gasteiger partial charge in [-0.3, -0.25) is 4.79 Å². The Bertz CT molecular complexity index is 447. The minimum atomic E-state index is 0.167. The predicted octanol–water partition coefficient (Wildman–Crippen LogP) is 1.79. The number of hydrogen-bond acceptors (Lipinski definition) is 4. The van der Waals surface area contributed by atoms with Crippen LogP contribution in [0.25, 0.3) is 0 Å². The number of methoxy groups -OCH3 is 1. The van der Waals surface area contributed by atoms with Gasteiger partial charge in [-0.1, -0.05) is 12.1 Å². The third-order valence-electron chi connectivity index (χ3n) is 3.51. The van der Waals surface area contributed by atoms with Gasteiger partial charge in [0.15, 0.2) is 0 Å². The highest BCUT2D eigenvalue weighted by Crippen LogP contribution is 2.23. The van der Waals surface area contributed by atoms with E-state index in [1.165, 1.54) is 0 Å². The summed E-state index contributed by atoms with van der Waals surface area (Å²) in [6.45, 7) is 1.26. The molecule has 0 saturated carbocycles. The van der Waals surface area contributed by atoms with Gasteiger partial charge in [-0.25, -0.2) is 0 Å². The number of nitrogens with two attached hydrogens (primary N) is 1. The van der Waals surface area contributed by atoms with Gasteiger partial charge in [-0.2, -0.15) is 11.8 Å². The maximum atomic E-state index is 12.5. The Balaban J connectivity index is 2.01. The van der Waals surface area contributed by atoms with Gasteiger partial charge in [0.1, 0.15) is 0 Å². The van der Waals surface area contributed by atoms with Crippen molar-refractivity contribution >= 4 is 23.4 Å². The molecule has 5 heteroatoms. The lowest BCUT2D eigenvalue weighted by Crippen LogP contribution is -2.43. The molecule has 2 rings (SSSR count). The van der Waals surface area contributed by atoms with Gasteiger partial charge < -0.3 is 15.4 Å². The van der Waals surface area contributed by atoms with Crippen LogP contribution in [0.15, 0.2) is 24.3 Å². The van der Waals surface area contributed by atoms with E-state index in [2.05, 4.69) is 0 Å². The van der Waals surface area contributed by atoms with Crippen LogP contribution in [0.4, 0.5) is 5.69 Å². The number of nitrogen functional groups attached to an aromatic ring is 1. The Morgan fingerprint density at radius 2 is 2.40 bits per heavy atom. The molecule has 1 aromatic rings. The van der Waals surface area contributed by atoms with Gasteiger partial charge in [0.2, 0.25) is 5.91 Å². The fraction of sp³-hybridized carbons (Fsp3) is 0.533. The number of benzene rings is 1. The molecule has 1 unspecified atom stereocenters. The smallest absolute Gasteiger partial charge is 0.227 e. The standard InChI is InChI=1S/C15H22N2O2S/c1-19-7-6-17(14-5-8-20-11-14)15(18)10-12-3-2-4-13(16)9-12/h2-4,9,14H,5-8,10-11,16H2,1H3. The van der Waals surface area contributed by atoms with E-state index in [0.29, 0.717) is 31.3 Å². The lowest BCUT2D eigenvalue weighted by atomic mass is 10.1. The van der Waals surface area contributed by atoms with Gasteiger partial charge in [-0.05, 0) is 29.9 Å². The van der Waals surface area contributed by atoms with Crippen molar-refractivity contribution in [3.05, 3.63) is 29.8 Å². The number of ether oxygens (including phenoxy) is 1. The van der Waals surface area contributed by atoms with Crippen LogP contribution in [0.3, 0.4) is 0 Å². The normalized spacial score (nSPS) is 18.1. The van der Waals surface area contributed by atoms with Gasteiger partial charge in [0.05, 0.1) is 13.0 Å². The second-order valence-electron chi connectivity index (χ2n) is 5.02. The molecule has 1 heterocycles. The Hall–Kier alpha value is -1.20. The van der Waals surface area contributed by atoms with Crippen LogP contribution in [-0.4, -0.2) is 48.6 Å². The molecule has 110 valence electrons. The molecule has 1 saturated heterocycles. The molecule has 0 spiro atoms. The molecular weight excluding hydrogens is 272 g/mol. The van der Waals surface area contributed by atoms with E-state index < -0.39 is 0 Å². The first-order chi connectivity index (χ1) is 9.70. The highest BCUT2D eigenvalue weighted by molar-refractivity contribution is 7.99. The van der Waals surface area contributed by atoms with E-state index in [9.17, 15) is 4.79 Å². The number of thioether (sulfide) groups is 1. The fourth-order valence-electron chi connectivity index (χ4n) is 2.45. The van der Waals surface area contributed by atoms with Crippen molar-refractivity contribution in [3.8, 4) is 0 Å². The molecule has 1 aliphatic heterocycles. The summed E-state index contributed by atoms with van der Waals surface area (Å²) in [5.41, 5.74) is 7.44. The number of carbonyl (C=O) groups excluding carboxylic acids is 1. The number of anilines is 1. The van der Waals surface area contributed by atoms with E-state index in [0.717, 1.165) is 23.5 Å². The monoisotopic (exact) mass is 294 g/mol. The molecule has 0 radical (unpaired) electrons. The Morgan fingerprint density at radius 3 is 3.05 bits per heavy atom. The van der Waals surface area contributed by atoms with E-state index >= 15 is 0 Å². The van der Waals surface area contributed by atoms with Crippen molar-refractivity contribution in [2.24, 2.45) is 0 Å². The average molecular weight is 294 g/mol. The SMILES string of the molecule is COCCN(C(=O)Cc1cccc(N)c1)C1CCSC1. The quantitative estimate of drug-likeness (QED) is 0.813. The molecule has 1 aliphatic rings. The summed E-state index contributed by atoms with van der Waals surface area (Å²) in [4.78, 5) is 14.5. The maximum absolute atomic E-state index is 12.5. The minimum Gasteiger partial charge on any atom is -0.399 e. The third kappa shape index (κ3) is 4.15. The zero-order valence-corrected chi connectivity index (χ0v) is 12.7. The topological polar surface area (TPSA) is 55.6 Å². The van der Waals surface area contributed by atoms with E-state index in [-0.39, 0.29) is 5.91 Å². The van der Waals surface area contributed by atoms with Gasteiger partial charge >= 0.3 is 0 Å². The molecule has 1 atom stereocenters. The zero-order chi connectivity index (χ0) is 14.4. The highest BCUT2D eigenvalue weighted by atomic mass is 32.2. The Morgan fingerprint density at radius 1 is 1.55 bits per heavy atom. The van der Waals surface area contributed by atoms with Crippen LogP contribution in [-0.2, 0) is 16.0 Å². The summed E-state index contributed by atoms with van der Waals surface area (Å²) >= 11 is 1.92. The van der Waals surface area contributed by atoms with Crippen LogP contribution in [0, 0.1) is 0 Å². The molecule has 1 aromatic carbocycles. The lowest BCUT2D eigenvalue weighted by molar-refractivity contribution is -0.133. The molecule has 1 fully saturated rings. The van der Waals surface area contributed by atoms with Crippen LogP contribution >= 0.6 is 11.8 Å². The second kappa shape index (κ2) is 7.55. The second-order valence-corrected chi connectivity index (χ2v) is 6.17. The van der Waals surface area contributed by atoms with Crippen molar-refractivity contribution in [1.82, 2.24) is 4.90 Å². The maximum Gasteiger partial charge on any atom is 0.227 e. The Labute approximate surface area is 124 Å². The van der Waals surface area contributed by atoms with Crippen molar-refractivity contribution in [2.75, 3.05) is 37.5 Å². The first-order valence-corrected chi connectivity index (χ1v) is 8.06. The Kier molecular flexibility index (Phi) is 5.73. The number of carbonyl (C=O) groups is 1. The third-order valence-corrected chi connectivity index (χ3v) is 4.65. The van der Waals surface area contributed by atoms with Crippen LogP contribution < -0.4 is 5.73 Å². The van der Waals surface area contributed by atoms with Crippen molar-refractivity contribution < 1.29 is 9.53 Å². The first-order valence-electron chi connectivity index (χ1n) is 6.91. The van der Waals surface area contributed by atoms with Gasteiger partial charge in [0, 0.05) is 31.1 Å². The molecule has 0 aliphatic carbocycles. The van der Waals surface area contributed by atoms with E-state index in [1.807, 2.05) is 40.9 Å². The van der Waals surface area contributed by atoms with Crippen LogP contribution in [0.5, 0.6) is 0 Å². The van der Waals surface area contributed by atoms with Crippen molar-refractivity contribution in [2.45, 2.75) is 18.9 Å². The number of hydrogen-bond donors (Lipinski definition) is 1. The van der Waals surface area contributed by atoms with Crippen molar-refractivity contribution in [3.63, 3.8) is 0 Å². The van der Waals surface area contributed by atoms with Crippen molar-refractivity contribution in [1.29, 1.82) is 0 Å². The molecule has 1 amide bonds. The highest BCUT2D eigenvalue weighted by Gasteiger charge is 2.26. The molecule has 0 aromatic heterocycles. The summed E-state index contributed by atoms with van der Waals surface area (Å²) in [5, 5.41) is 0. The van der Waals surface area contributed by atoms with Crippen LogP contribution in [0.1, 0.15) is 12.0 Å². The first kappa shape index (κ1) is 15.2. The zero-order valence-electron chi connectivity index (χ0n) is 11.9. The molecule has 2 N–H and O–H groups in total. The lowest BCUT2D eigenvalue weighted by Gasteiger charge is -2.28. The van der Waals surface area contributed by atoms with Crippen LogP contribution in [0.2, 0.25) is 0 Å². The number of nitrogens with zero attached hydrogens (tertiary/aromatic N) is 1. The largest absolute Gasteiger partial charge is 0.399 e. The molecular formula is C15H22N2O2S. The average Bonchev–Trinajstić information content (AvgIpc) is 2.93. The van der Waals surface area contributed by atoms with Gasteiger partial charge in [0.25, 0.3) is 0 Å². The molecule has 4 nitrogen and oxygen atoms in total. The summed E-state index contributed by atoms with van der Waals surface area (Å²) < 4.78 is 5.13. The minimum absolute atomic E-state index is 0.167. The number of rotatable bonds is 6. The summed E-state index contributed by atoms with van der Waals surface area (Å²) in [7, 11) is 1.67. The molecule has 0 bridgehead atoms. The van der Waals surface area contributed by atoms with E-state index in [1.54, 1.807) is 7.11 Å². The summed E-state index contributed by atoms with van der Waals surface area (Å²) in [6, 6.07) is 7.90. The number of amides is 1. The van der Waals surface area contributed by atoms with Gasteiger partial charge in [-0.15, -0.1) is 0 Å². The molecule has 20 heavy (non-hydrogen) atoms. The summed E-state index contributed by atoms with van der Waals surface area (Å²) in [6.07, 6.45) is 1.49.